The van der Waals surface area contributed by atoms with Crippen molar-refractivity contribution < 1.29 is 19.1 Å². The van der Waals surface area contributed by atoms with Gasteiger partial charge >= 0.3 is 0 Å². The van der Waals surface area contributed by atoms with E-state index in [9.17, 15) is 9.59 Å². The van der Waals surface area contributed by atoms with E-state index in [0.29, 0.717) is 29.4 Å². The first-order valence-corrected chi connectivity index (χ1v) is 9.96. The Bertz CT molecular complexity index is 979. The van der Waals surface area contributed by atoms with Gasteiger partial charge in [0.2, 0.25) is 0 Å². The molecule has 0 bridgehead atoms. The maximum absolute atomic E-state index is 12.2. The quantitative estimate of drug-likeness (QED) is 0.477. The van der Waals surface area contributed by atoms with Crippen molar-refractivity contribution in [3.8, 4) is 11.5 Å². The van der Waals surface area contributed by atoms with E-state index in [-0.39, 0.29) is 11.1 Å². The van der Waals surface area contributed by atoms with Gasteiger partial charge in [-0.2, -0.15) is 0 Å². The maximum atomic E-state index is 12.2. The second-order valence-electron chi connectivity index (χ2n) is 6.72. The molecule has 0 aromatic heterocycles. The van der Waals surface area contributed by atoms with Crippen LogP contribution in [-0.2, 0) is 17.8 Å². The van der Waals surface area contributed by atoms with Gasteiger partial charge in [0.1, 0.15) is 6.61 Å². The van der Waals surface area contributed by atoms with Crippen LogP contribution >= 0.6 is 11.8 Å². The van der Waals surface area contributed by atoms with Gasteiger partial charge in [0.15, 0.2) is 11.5 Å². The maximum Gasteiger partial charge on any atom is 0.293 e. The van der Waals surface area contributed by atoms with E-state index in [1.165, 1.54) is 12.6 Å². The lowest BCUT2D eigenvalue weighted by molar-refractivity contribution is -0.121. The van der Waals surface area contributed by atoms with Crippen molar-refractivity contribution in [2.75, 3.05) is 14.2 Å². The Kier molecular flexibility index (Phi) is 6.44. The van der Waals surface area contributed by atoms with Crippen LogP contribution < -0.4 is 9.47 Å². The number of ether oxygens (including phenoxy) is 2. The van der Waals surface area contributed by atoms with E-state index >= 15 is 0 Å². The third-order valence-corrected chi connectivity index (χ3v) is 5.49. The van der Waals surface area contributed by atoms with Gasteiger partial charge in [-0.25, -0.2) is 0 Å². The molecule has 2 aromatic rings. The molecule has 6 heteroatoms. The number of allylic oxidation sites excluding steroid dienone is 1. The number of likely N-dealkylation sites (N-methyl/N-ethyl adjacent to an activating group) is 1. The zero-order valence-corrected chi connectivity index (χ0v) is 17.5. The Morgan fingerprint density at radius 2 is 1.90 bits per heavy atom. The second-order valence-corrected chi connectivity index (χ2v) is 7.71. The van der Waals surface area contributed by atoms with Crippen molar-refractivity contribution in [1.82, 2.24) is 4.90 Å². The molecule has 2 aromatic carbocycles. The summed E-state index contributed by atoms with van der Waals surface area (Å²) in [4.78, 5) is 25.4. The molecular formula is C23H23NO4S. The molecule has 0 atom stereocenters. The van der Waals surface area contributed by atoms with Crippen LogP contribution in [0.25, 0.3) is 6.08 Å². The van der Waals surface area contributed by atoms with Crippen LogP contribution in [0.4, 0.5) is 4.79 Å². The fourth-order valence-electron chi connectivity index (χ4n) is 2.93. The Balaban J connectivity index is 1.92. The Morgan fingerprint density at radius 1 is 1.17 bits per heavy atom. The van der Waals surface area contributed by atoms with Crippen LogP contribution in [0.3, 0.4) is 0 Å². The molecule has 0 radical (unpaired) electrons. The summed E-state index contributed by atoms with van der Waals surface area (Å²) in [6.45, 7) is 6.28. The molecular weight excluding hydrogens is 386 g/mol. The number of aryl methyl sites for hydroxylation is 1. The summed E-state index contributed by atoms with van der Waals surface area (Å²) in [7, 11) is 3.06. The minimum Gasteiger partial charge on any atom is -0.493 e. The van der Waals surface area contributed by atoms with E-state index < -0.39 is 0 Å². The lowest BCUT2D eigenvalue weighted by atomic mass is 10.0. The van der Waals surface area contributed by atoms with Crippen molar-refractivity contribution in [1.29, 1.82) is 0 Å². The van der Waals surface area contributed by atoms with Crippen molar-refractivity contribution in [2.24, 2.45) is 0 Å². The monoisotopic (exact) mass is 409 g/mol. The molecule has 1 aliphatic rings. The van der Waals surface area contributed by atoms with Gasteiger partial charge in [0.05, 0.1) is 12.0 Å². The zero-order chi connectivity index (χ0) is 21.0. The summed E-state index contributed by atoms with van der Waals surface area (Å²) in [5.41, 5.74) is 3.91. The van der Waals surface area contributed by atoms with E-state index in [1.807, 2.05) is 37.3 Å². The third kappa shape index (κ3) is 4.71. The fraction of sp³-hybridized carbons (Fsp3) is 0.217. The molecule has 2 amide bonds. The van der Waals surface area contributed by atoms with Crippen molar-refractivity contribution >= 4 is 29.0 Å². The van der Waals surface area contributed by atoms with Crippen LogP contribution in [0.15, 0.2) is 54.0 Å². The van der Waals surface area contributed by atoms with Gasteiger partial charge in [-0.1, -0.05) is 35.9 Å². The van der Waals surface area contributed by atoms with Crippen LogP contribution in [0.1, 0.15) is 22.3 Å². The predicted octanol–water partition coefficient (Wildman–Crippen LogP) is 4.98. The molecule has 0 saturated carbocycles. The van der Waals surface area contributed by atoms with Crippen molar-refractivity contribution in [3.63, 3.8) is 0 Å². The van der Waals surface area contributed by atoms with E-state index in [1.54, 1.807) is 25.3 Å². The number of amides is 2. The molecule has 0 aliphatic carbocycles. The van der Waals surface area contributed by atoms with Crippen LogP contribution in [0.2, 0.25) is 0 Å². The SMILES string of the molecule is C=CCc1cc(/C=C2\SC(=O)N(C)C2=O)cc(OC)c1OCc1ccc(C)cc1. The minimum atomic E-state index is -0.302. The first-order chi connectivity index (χ1) is 13.9. The van der Waals surface area contributed by atoms with E-state index in [4.69, 9.17) is 9.47 Å². The highest BCUT2D eigenvalue weighted by atomic mass is 32.2. The average Bonchev–Trinajstić information content (AvgIpc) is 2.95. The third-order valence-electron chi connectivity index (χ3n) is 4.53. The number of rotatable bonds is 7. The Labute approximate surface area is 175 Å². The molecule has 0 N–H and O–H groups in total. The van der Waals surface area contributed by atoms with Gasteiger partial charge in [0.25, 0.3) is 11.1 Å². The lowest BCUT2D eigenvalue weighted by Crippen LogP contribution is -2.22. The van der Waals surface area contributed by atoms with Gasteiger partial charge in [-0.3, -0.25) is 14.5 Å². The number of carbonyl (C=O) groups excluding carboxylic acids is 2. The van der Waals surface area contributed by atoms with Gasteiger partial charge in [-0.05, 0) is 54.4 Å². The van der Waals surface area contributed by atoms with Crippen molar-refractivity contribution in [2.45, 2.75) is 20.0 Å². The minimum absolute atomic E-state index is 0.280. The Morgan fingerprint density at radius 3 is 2.48 bits per heavy atom. The summed E-state index contributed by atoms with van der Waals surface area (Å²) in [5.74, 6) is 0.913. The molecule has 150 valence electrons. The summed E-state index contributed by atoms with van der Waals surface area (Å²) in [6, 6.07) is 11.9. The molecule has 1 aliphatic heterocycles. The number of thioether (sulfide) groups is 1. The van der Waals surface area contributed by atoms with Crippen LogP contribution in [0.5, 0.6) is 11.5 Å². The highest BCUT2D eigenvalue weighted by Gasteiger charge is 2.31. The van der Waals surface area contributed by atoms with Crippen molar-refractivity contribution in [3.05, 3.63) is 76.2 Å². The zero-order valence-electron chi connectivity index (χ0n) is 16.7. The normalized spacial score (nSPS) is 15.1. The second kappa shape index (κ2) is 9.01. The number of nitrogens with zero attached hydrogens (tertiary/aromatic N) is 1. The first kappa shape index (κ1) is 20.7. The van der Waals surface area contributed by atoms with E-state index in [0.717, 1.165) is 33.4 Å². The molecule has 0 spiro atoms. The van der Waals surface area contributed by atoms with Crippen LogP contribution in [-0.4, -0.2) is 30.2 Å². The standard InChI is InChI=1S/C23H23NO4S/c1-5-6-18-11-17(13-20-22(25)24(3)23(26)29-20)12-19(27-4)21(18)28-14-16-9-7-15(2)8-10-16/h5,7-13H,1,6,14H2,2-4H3/b20-13-. The summed E-state index contributed by atoms with van der Waals surface area (Å²) in [5, 5.41) is -0.280. The number of hydrogen-bond acceptors (Lipinski definition) is 5. The molecule has 1 heterocycles. The number of carbonyl (C=O) groups is 2. The highest BCUT2D eigenvalue weighted by Crippen LogP contribution is 2.37. The number of methoxy groups -OCH3 is 1. The van der Waals surface area contributed by atoms with Gasteiger partial charge < -0.3 is 9.47 Å². The molecule has 3 rings (SSSR count). The molecule has 5 nitrogen and oxygen atoms in total. The first-order valence-electron chi connectivity index (χ1n) is 9.14. The van der Waals surface area contributed by atoms with Crippen LogP contribution in [0, 0.1) is 6.92 Å². The van der Waals surface area contributed by atoms with Gasteiger partial charge in [-0.15, -0.1) is 6.58 Å². The number of benzene rings is 2. The smallest absolute Gasteiger partial charge is 0.293 e. The molecule has 1 fully saturated rings. The van der Waals surface area contributed by atoms with E-state index in [2.05, 4.69) is 6.58 Å². The largest absolute Gasteiger partial charge is 0.493 e. The highest BCUT2D eigenvalue weighted by molar-refractivity contribution is 8.18. The average molecular weight is 410 g/mol. The Hall–Kier alpha value is -2.99. The number of imide groups is 1. The molecule has 0 unspecified atom stereocenters. The summed E-state index contributed by atoms with van der Waals surface area (Å²) >= 11 is 0.928. The lowest BCUT2D eigenvalue weighted by Gasteiger charge is -2.16. The summed E-state index contributed by atoms with van der Waals surface area (Å²) in [6.07, 6.45) is 4.07. The topological polar surface area (TPSA) is 55.8 Å². The number of hydrogen-bond donors (Lipinski definition) is 0. The fourth-order valence-corrected chi connectivity index (χ4v) is 3.75. The molecule has 1 saturated heterocycles. The summed E-state index contributed by atoms with van der Waals surface area (Å²) < 4.78 is 11.6. The molecule has 29 heavy (non-hydrogen) atoms. The predicted molar refractivity (Wildman–Crippen MR) is 116 cm³/mol. The van der Waals surface area contributed by atoms with Gasteiger partial charge in [0, 0.05) is 12.6 Å².